The maximum absolute atomic E-state index is 12.3. The van der Waals surface area contributed by atoms with Crippen LogP contribution in [0.1, 0.15) is 25.0 Å². The first-order valence-corrected chi connectivity index (χ1v) is 12.3. The van der Waals surface area contributed by atoms with Gasteiger partial charge in [-0.1, -0.05) is 30.3 Å². The molecular weight excluding hydrogens is 434 g/mol. The molecule has 3 heterocycles. The van der Waals surface area contributed by atoms with Gasteiger partial charge >= 0.3 is 6.09 Å². The summed E-state index contributed by atoms with van der Waals surface area (Å²) in [5.41, 5.74) is 5.81. The second-order valence-corrected chi connectivity index (χ2v) is 9.09. The number of nitrogens with zero attached hydrogens (tertiary/aromatic N) is 2. The second kappa shape index (κ2) is 10.1. The smallest absolute Gasteiger partial charge is 0.410 e. The van der Waals surface area contributed by atoms with Gasteiger partial charge in [0.05, 0.1) is 23.5 Å². The van der Waals surface area contributed by atoms with Crippen LogP contribution < -0.4 is 4.74 Å². The van der Waals surface area contributed by atoms with Crippen LogP contribution in [0.2, 0.25) is 0 Å². The molecule has 2 aromatic carbocycles. The molecule has 1 fully saturated rings. The van der Waals surface area contributed by atoms with Gasteiger partial charge in [-0.15, -0.1) is 11.3 Å². The summed E-state index contributed by atoms with van der Waals surface area (Å²) in [6, 6.07) is 18.6. The first-order valence-electron chi connectivity index (χ1n) is 11.3. The number of nitrogens with one attached hydrogen (secondary N) is 1. The van der Waals surface area contributed by atoms with E-state index in [-0.39, 0.29) is 12.7 Å². The van der Waals surface area contributed by atoms with Crippen LogP contribution in [0.15, 0.2) is 65.5 Å². The summed E-state index contributed by atoms with van der Waals surface area (Å²) in [6.07, 6.45) is 2.67. The lowest BCUT2D eigenvalue weighted by atomic mass is 9.94. The molecule has 1 saturated heterocycles. The van der Waals surface area contributed by atoms with Crippen molar-refractivity contribution in [3.05, 3.63) is 71.2 Å². The van der Waals surface area contributed by atoms with E-state index in [1.54, 1.807) is 10.4 Å². The average molecular weight is 462 g/mol. The average Bonchev–Trinajstić information content (AvgIpc) is 3.53. The van der Waals surface area contributed by atoms with E-state index in [0.717, 1.165) is 60.6 Å². The number of aromatic amines is 1. The van der Waals surface area contributed by atoms with Crippen molar-refractivity contribution in [2.24, 2.45) is 5.92 Å². The van der Waals surface area contributed by atoms with Crippen LogP contribution in [0.25, 0.3) is 22.2 Å². The third-order valence-electron chi connectivity index (χ3n) is 6.19. The van der Waals surface area contributed by atoms with E-state index >= 15 is 0 Å². The summed E-state index contributed by atoms with van der Waals surface area (Å²) in [5, 5.41) is 3.09. The van der Waals surface area contributed by atoms with Crippen molar-refractivity contribution >= 4 is 28.3 Å². The molecule has 0 radical (unpaired) electrons. The van der Waals surface area contributed by atoms with Gasteiger partial charge in [0.25, 0.3) is 0 Å². The number of aromatic nitrogens is 2. The van der Waals surface area contributed by atoms with Crippen molar-refractivity contribution in [1.29, 1.82) is 0 Å². The molecule has 1 aliphatic heterocycles. The van der Waals surface area contributed by atoms with Crippen molar-refractivity contribution < 1.29 is 14.3 Å². The monoisotopic (exact) mass is 461 g/mol. The highest BCUT2D eigenvalue weighted by Gasteiger charge is 2.24. The fraction of sp³-hybridized carbons (Fsp3) is 0.308. The minimum absolute atomic E-state index is 0.242. The van der Waals surface area contributed by atoms with Gasteiger partial charge in [0, 0.05) is 34.9 Å². The van der Waals surface area contributed by atoms with Crippen molar-refractivity contribution in [2.45, 2.75) is 25.9 Å². The zero-order chi connectivity index (χ0) is 22.5. The Morgan fingerprint density at radius 3 is 2.76 bits per heavy atom. The summed E-state index contributed by atoms with van der Waals surface area (Å²) in [4.78, 5) is 21.7. The molecule has 0 saturated carbocycles. The quantitative estimate of drug-likeness (QED) is 0.361. The van der Waals surface area contributed by atoms with E-state index in [1.165, 1.54) is 16.7 Å². The maximum atomic E-state index is 12.3. The number of hydrogen-bond acceptors (Lipinski definition) is 5. The molecule has 170 valence electrons. The molecule has 1 aliphatic rings. The van der Waals surface area contributed by atoms with Crippen LogP contribution in [0, 0.1) is 5.92 Å². The van der Waals surface area contributed by atoms with Crippen molar-refractivity contribution in [2.75, 3.05) is 19.7 Å². The van der Waals surface area contributed by atoms with Gasteiger partial charge in [-0.2, -0.15) is 0 Å². The van der Waals surface area contributed by atoms with E-state index in [9.17, 15) is 4.79 Å². The Morgan fingerprint density at radius 2 is 1.94 bits per heavy atom. The van der Waals surface area contributed by atoms with Crippen LogP contribution in [-0.2, 0) is 11.3 Å². The zero-order valence-corrected chi connectivity index (χ0v) is 19.2. The number of likely N-dealkylation sites (tertiary alicyclic amines) is 1. The zero-order valence-electron chi connectivity index (χ0n) is 18.4. The van der Waals surface area contributed by atoms with Gasteiger partial charge in [-0.05, 0) is 49.4 Å². The number of amides is 1. The molecule has 0 aliphatic carbocycles. The normalized spacial score (nSPS) is 14.5. The Bertz CT molecular complexity index is 1160. The summed E-state index contributed by atoms with van der Waals surface area (Å²) in [5.74, 6) is 1.44. The predicted molar refractivity (Wildman–Crippen MR) is 130 cm³/mol. The van der Waals surface area contributed by atoms with Crippen LogP contribution in [0.3, 0.4) is 0 Å². The molecule has 2 aromatic heterocycles. The molecule has 0 spiro atoms. The number of rotatable bonds is 7. The summed E-state index contributed by atoms with van der Waals surface area (Å²) < 4.78 is 11.6. The molecule has 0 unspecified atom stereocenters. The SMILES string of the molecule is O=C(OCc1cscn1)N1CCC(CCOc2ccccc2-c2cc3ccccc3[nH]2)CC1. The third kappa shape index (κ3) is 5.20. The van der Waals surface area contributed by atoms with Gasteiger partial charge in [0.15, 0.2) is 0 Å². The topological polar surface area (TPSA) is 67.4 Å². The Hall–Kier alpha value is -3.32. The van der Waals surface area contributed by atoms with Gasteiger partial charge in [0.2, 0.25) is 0 Å². The number of carbonyl (C=O) groups is 1. The number of carbonyl (C=O) groups excluding carboxylic acids is 1. The van der Waals surface area contributed by atoms with E-state index in [0.29, 0.717) is 12.5 Å². The molecule has 1 N–H and O–H groups in total. The summed E-state index contributed by atoms with van der Waals surface area (Å²) in [6.45, 7) is 2.36. The molecule has 1 amide bonds. The Kier molecular flexibility index (Phi) is 6.58. The van der Waals surface area contributed by atoms with E-state index in [2.05, 4.69) is 34.2 Å². The largest absolute Gasteiger partial charge is 0.493 e. The molecule has 5 rings (SSSR count). The standard InChI is InChI=1S/C26H27N3O3S/c30-26(32-16-21-17-33-18-27-21)29-12-9-19(10-13-29)11-14-31-25-8-4-2-6-22(25)24-15-20-5-1-3-7-23(20)28-24/h1-8,15,17-19,28H,9-14,16H2. The second-order valence-electron chi connectivity index (χ2n) is 8.37. The van der Waals surface area contributed by atoms with Crippen LogP contribution in [0.5, 0.6) is 5.75 Å². The first kappa shape index (κ1) is 21.5. The van der Waals surface area contributed by atoms with Crippen LogP contribution >= 0.6 is 11.3 Å². The maximum Gasteiger partial charge on any atom is 0.410 e. The minimum atomic E-state index is -0.245. The molecule has 6 nitrogen and oxygen atoms in total. The highest BCUT2D eigenvalue weighted by molar-refractivity contribution is 7.07. The number of H-pyrrole nitrogens is 1. The summed E-state index contributed by atoms with van der Waals surface area (Å²) in [7, 11) is 0. The number of para-hydroxylation sites is 2. The number of thiazole rings is 1. The highest BCUT2D eigenvalue weighted by Crippen LogP contribution is 2.32. The Labute approximate surface area is 197 Å². The fourth-order valence-electron chi connectivity index (χ4n) is 4.31. The molecule has 0 atom stereocenters. The minimum Gasteiger partial charge on any atom is -0.493 e. The van der Waals surface area contributed by atoms with Crippen molar-refractivity contribution in [1.82, 2.24) is 14.9 Å². The lowest BCUT2D eigenvalue weighted by Gasteiger charge is -2.31. The molecule has 0 bridgehead atoms. The number of piperidine rings is 1. The van der Waals surface area contributed by atoms with Gasteiger partial charge in [-0.3, -0.25) is 0 Å². The fourth-order valence-corrected chi connectivity index (χ4v) is 4.85. The number of benzene rings is 2. The number of hydrogen-bond donors (Lipinski definition) is 1. The van der Waals surface area contributed by atoms with E-state index in [1.807, 2.05) is 35.7 Å². The first-order chi connectivity index (χ1) is 16.3. The summed E-state index contributed by atoms with van der Waals surface area (Å²) >= 11 is 1.50. The molecule has 7 heteroatoms. The van der Waals surface area contributed by atoms with Gasteiger partial charge < -0.3 is 19.4 Å². The van der Waals surface area contributed by atoms with Crippen molar-refractivity contribution in [3.63, 3.8) is 0 Å². The van der Waals surface area contributed by atoms with Gasteiger partial charge in [0.1, 0.15) is 12.4 Å². The number of fused-ring (bicyclic) bond motifs is 1. The number of ether oxygens (including phenoxy) is 2. The predicted octanol–water partition coefficient (Wildman–Crippen LogP) is 6.11. The van der Waals surface area contributed by atoms with Crippen LogP contribution in [0.4, 0.5) is 4.79 Å². The highest BCUT2D eigenvalue weighted by atomic mass is 32.1. The molecular formula is C26H27N3O3S. The molecule has 4 aromatic rings. The lowest BCUT2D eigenvalue weighted by Crippen LogP contribution is -2.39. The molecule has 33 heavy (non-hydrogen) atoms. The van der Waals surface area contributed by atoms with Gasteiger partial charge in [-0.25, -0.2) is 9.78 Å². The third-order valence-corrected chi connectivity index (χ3v) is 6.83. The van der Waals surface area contributed by atoms with E-state index < -0.39 is 0 Å². The van der Waals surface area contributed by atoms with Crippen molar-refractivity contribution in [3.8, 4) is 17.0 Å². The Morgan fingerprint density at radius 1 is 1.12 bits per heavy atom. The Balaban J connectivity index is 1.11. The van der Waals surface area contributed by atoms with Crippen LogP contribution in [-0.4, -0.2) is 40.7 Å². The lowest BCUT2D eigenvalue weighted by molar-refractivity contribution is 0.0792. The van der Waals surface area contributed by atoms with E-state index in [4.69, 9.17) is 9.47 Å².